The maximum absolute atomic E-state index is 11.6. The minimum absolute atomic E-state index is 0.171. The number of aliphatic carboxylic acids is 1. The Hall–Kier alpha value is -3.31. The van der Waals surface area contributed by atoms with E-state index in [1.54, 1.807) is 55.4 Å². The van der Waals surface area contributed by atoms with E-state index in [1.807, 2.05) is 69.2 Å². The average Bonchev–Trinajstić information content (AvgIpc) is 0.807. The molecule has 0 spiro atoms. The molecule has 24 unspecified atom stereocenters. The molecule has 0 bridgehead atoms. The SMILES string of the molecule is CC(C)(C)C(=O)C(O)C(O)C(=O)O.CC(C)(C)C(=O)C(O)C(O)C(O)C(O)C(O)O.CC(C)(C)C(=O)C(O)C(O)C(O)C(O)CO.CC(C)(C)C(=O)C(O)CO.CC1=CC(O)C(O)C(C(C)(C)C)O1.CC1OC(C(C)(C)C)C(O)C(O)C1O.CCC1OC(C(C)(C)C)C(O)C(O)C1O. The second-order valence-electron chi connectivity index (χ2n) is 32.0. The molecule has 32 heteroatoms. The van der Waals surface area contributed by atoms with E-state index in [1.165, 1.54) is 47.6 Å². The van der Waals surface area contributed by atoms with E-state index in [2.05, 4.69) is 0 Å². The molecule has 0 aromatic rings. The molecule has 0 aromatic heterocycles. The summed E-state index contributed by atoms with van der Waals surface area (Å²) in [5, 5.41) is 221. The number of carbonyl (C=O) groups is 5. The third-order valence-electron chi connectivity index (χ3n) is 15.3. The zero-order valence-corrected chi connectivity index (χ0v) is 61.6. The molecule has 98 heavy (non-hydrogen) atoms. The highest BCUT2D eigenvalue weighted by Crippen LogP contribution is 2.36. The first-order valence-electron chi connectivity index (χ1n) is 32.1. The Bertz CT molecular complexity index is 2350. The van der Waals surface area contributed by atoms with E-state index in [0.717, 1.165) is 0 Å². The van der Waals surface area contributed by atoms with Gasteiger partial charge in [-0.25, -0.2) is 4.79 Å². The number of ether oxygens (including phenoxy) is 3. The lowest BCUT2D eigenvalue weighted by Crippen LogP contribution is -2.60. The molecular weight excluding hydrogens is 1300 g/mol. The van der Waals surface area contributed by atoms with Crippen LogP contribution >= 0.6 is 0 Å². The molecule has 0 amide bonds. The van der Waals surface area contributed by atoms with Crippen molar-refractivity contribution < 1.29 is 161 Å². The lowest BCUT2D eigenvalue weighted by atomic mass is 9.80. The van der Waals surface area contributed by atoms with Crippen LogP contribution in [0.4, 0.5) is 0 Å². The number of ketones is 4. The van der Waals surface area contributed by atoms with Gasteiger partial charge < -0.3 is 137 Å². The summed E-state index contributed by atoms with van der Waals surface area (Å²) < 4.78 is 16.6. The van der Waals surface area contributed by atoms with Gasteiger partial charge in [0.25, 0.3) is 0 Å². The van der Waals surface area contributed by atoms with E-state index < -0.39 is 205 Å². The fourth-order valence-electron chi connectivity index (χ4n) is 8.88. The molecule has 584 valence electrons. The van der Waals surface area contributed by atoms with Crippen molar-refractivity contribution in [2.24, 2.45) is 37.9 Å². The van der Waals surface area contributed by atoms with Crippen molar-refractivity contribution in [3.63, 3.8) is 0 Å². The third-order valence-corrected chi connectivity index (χ3v) is 15.3. The van der Waals surface area contributed by atoms with Crippen LogP contribution in [0.15, 0.2) is 11.8 Å². The highest BCUT2D eigenvalue weighted by atomic mass is 16.5. The summed E-state index contributed by atoms with van der Waals surface area (Å²) >= 11 is 0. The van der Waals surface area contributed by atoms with Crippen molar-refractivity contribution in [3.8, 4) is 0 Å². The average molecular weight is 1430 g/mol. The second-order valence-corrected chi connectivity index (χ2v) is 32.0. The summed E-state index contributed by atoms with van der Waals surface area (Å²) in [6.07, 6.45) is -30.3. The zero-order valence-electron chi connectivity index (χ0n) is 61.6. The van der Waals surface area contributed by atoms with Gasteiger partial charge in [0, 0.05) is 27.1 Å². The number of aliphatic hydroxyl groups is 23. The Labute approximate surface area is 576 Å². The van der Waals surface area contributed by atoms with Gasteiger partial charge in [0.15, 0.2) is 35.5 Å². The fraction of sp³-hybridized carbons (Fsp3) is 0.894. The smallest absolute Gasteiger partial charge is 0.335 e. The first-order valence-corrected chi connectivity index (χ1v) is 32.1. The number of carboxylic acid groups (broad SMARTS) is 1. The lowest BCUT2D eigenvalue weighted by molar-refractivity contribution is -0.244. The summed E-state index contributed by atoms with van der Waals surface area (Å²) in [7, 11) is 0. The normalized spacial score (nSPS) is 28.1. The van der Waals surface area contributed by atoms with E-state index in [4.69, 9.17) is 65.3 Å². The Morgan fingerprint density at radius 1 is 0.408 bits per heavy atom. The van der Waals surface area contributed by atoms with E-state index in [9.17, 15) is 95.5 Å². The van der Waals surface area contributed by atoms with Crippen molar-refractivity contribution in [2.75, 3.05) is 13.2 Å². The Balaban J connectivity index is -0.000000528. The van der Waals surface area contributed by atoms with Gasteiger partial charge in [0.1, 0.15) is 116 Å². The van der Waals surface area contributed by atoms with Crippen LogP contribution in [0.3, 0.4) is 0 Å². The largest absolute Gasteiger partial charge is 0.492 e. The minimum Gasteiger partial charge on any atom is -0.492 e. The van der Waals surface area contributed by atoms with Crippen molar-refractivity contribution in [1.82, 2.24) is 0 Å². The molecule has 3 heterocycles. The number of allylic oxidation sites excluding steroid dienone is 1. The minimum atomic E-state index is -2.28. The van der Waals surface area contributed by atoms with Crippen LogP contribution in [0.1, 0.15) is 173 Å². The molecule has 32 nitrogen and oxygen atoms in total. The Morgan fingerprint density at radius 2 is 0.745 bits per heavy atom. The number of carbonyl (C=O) groups excluding carboxylic acids is 4. The van der Waals surface area contributed by atoms with Crippen molar-refractivity contribution >= 4 is 29.1 Å². The van der Waals surface area contributed by atoms with Gasteiger partial charge in [0.2, 0.25) is 0 Å². The van der Waals surface area contributed by atoms with E-state index >= 15 is 0 Å². The number of rotatable bonds is 16. The maximum Gasteiger partial charge on any atom is 0.335 e. The van der Waals surface area contributed by atoms with E-state index in [0.29, 0.717) is 12.2 Å². The summed E-state index contributed by atoms with van der Waals surface area (Å²) in [5.74, 6) is -3.33. The highest BCUT2D eigenvalue weighted by Gasteiger charge is 2.49. The van der Waals surface area contributed by atoms with Crippen LogP contribution in [0.2, 0.25) is 0 Å². The molecule has 3 rings (SSSR count). The molecule has 2 saturated heterocycles. The lowest BCUT2D eigenvalue weighted by Gasteiger charge is -2.45. The van der Waals surface area contributed by atoms with Gasteiger partial charge in [-0.3, -0.25) is 19.2 Å². The number of carboxylic acids is 1. The number of Topliss-reactive ketones (excluding diaryl/α,β-unsaturated/α-hetero) is 4. The van der Waals surface area contributed by atoms with Gasteiger partial charge in [-0.05, 0) is 37.2 Å². The molecule has 0 aromatic carbocycles. The Morgan fingerprint density at radius 3 is 1.04 bits per heavy atom. The number of hydrogen-bond acceptors (Lipinski definition) is 31. The van der Waals surface area contributed by atoms with Crippen molar-refractivity contribution in [2.45, 2.75) is 325 Å². The predicted octanol–water partition coefficient (Wildman–Crippen LogP) is -3.99. The number of aliphatic hydroxyl groups excluding tert-OH is 22. The summed E-state index contributed by atoms with van der Waals surface area (Å²) in [6, 6.07) is 0. The van der Waals surface area contributed by atoms with Crippen LogP contribution < -0.4 is 0 Å². The molecule has 24 N–H and O–H groups in total. The van der Waals surface area contributed by atoms with Crippen LogP contribution in [0.5, 0.6) is 0 Å². The van der Waals surface area contributed by atoms with Gasteiger partial charge >= 0.3 is 5.97 Å². The van der Waals surface area contributed by atoms with E-state index in [-0.39, 0.29) is 28.1 Å². The van der Waals surface area contributed by atoms with Crippen molar-refractivity contribution in [1.29, 1.82) is 0 Å². The van der Waals surface area contributed by atoms with Gasteiger partial charge in [0.05, 0.1) is 43.4 Å². The molecule has 3 aliphatic rings. The summed E-state index contributed by atoms with van der Waals surface area (Å²) in [6.45, 7) is 40.6. The Kier molecular flexibility index (Phi) is 43.2. The quantitative estimate of drug-likeness (QED) is 0.0655. The molecular formula is C66H128O32. The summed E-state index contributed by atoms with van der Waals surface area (Å²) in [5.41, 5.74) is -3.93. The predicted molar refractivity (Wildman–Crippen MR) is 352 cm³/mol. The molecule has 2 fully saturated rings. The highest BCUT2D eigenvalue weighted by molar-refractivity contribution is 5.92. The standard InChI is InChI=1S/C11H22O4.C10H20O7.C10H20O6.C10H20O4.C10H18O3.C8H14O5.C7H14O3/c1-5-6-7(12)8(13)9(14)10(15-6)11(2,3)4;1-10(2,3)8(15)6(13)4(11)5(12)7(14)9(16)17;1-10(2,3)9(16)8(15)7(14)6(13)5(12)4-11;1-5-6(11)7(12)8(13)9(14-5)10(2,3)4;1-6-5-7(11)8(12)9(13-6)10(2,3)4;1-8(2,3)6(11)4(9)5(10)7(12)13;1-7(2,3)6(10)5(9)4-8/h6-10,12-14H,5H2,1-4H3;4-7,9,11-14,16-17H,1-3H3;5-8,11-15H,4H2,1-3H3;5-9,11-13H,1-4H3;5,7-9,11-12H,1-4H3;4-5,9-10H,1-3H3,(H,12,13);5,8-9H,4H2,1-3H3. The molecule has 0 radical (unpaired) electrons. The molecule has 3 aliphatic heterocycles. The van der Waals surface area contributed by atoms with Crippen LogP contribution in [-0.2, 0) is 38.2 Å². The van der Waals surface area contributed by atoms with Crippen LogP contribution in [0.25, 0.3) is 0 Å². The van der Waals surface area contributed by atoms with Crippen LogP contribution in [-0.4, -0.2) is 318 Å². The van der Waals surface area contributed by atoms with Gasteiger partial charge in [-0.1, -0.05) is 152 Å². The van der Waals surface area contributed by atoms with Crippen LogP contribution in [0, 0.1) is 37.9 Å². The van der Waals surface area contributed by atoms with Gasteiger partial charge in [-0.2, -0.15) is 0 Å². The first kappa shape index (κ1) is 101. The monoisotopic (exact) mass is 1430 g/mol. The summed E-state index contributed by atoms with van der Waals surface area (Å²) in [4.78, 5) is 55.6. The fourth-order valence-corrected chi connectivity index (χ4v) is 8.88. The maximum atomic E-state index is 11.6. The topological polar surface area (TPSA) is 599 Å². The molecule has 0 saturated carbocycles. The third kappa shape index (κ3) is 33.4. The van der Waals surface area contributed by atoms with Crippen molar-refractivity contribution in [3.05, 3.63) is 11.8 Å². The molecule has 24 atom stereocenters. The second kappa shape index (κ2) is 41.8. The zero-order chi connectivity index (χ0) is 79.3. The first-order chi connectivity index (χ1) is 43.5. The molecule has 0 aliphatic carbocycles. The number of hydrogen-bond donors (Lipinski definition) is 24. The van der Waals surface area contributed by atoms with Gasteiger partial charge in [-0.15, -0.1) is 0 Å².